The van der Waals surface area contributed by atoms with Crippen LogP contribution in [0.25, 0.3) is 11.0 Å². The van der Waals surface area contributed by atoms with Crippen molar-refractivity contribution in [1.29, 1.82) is 0 Å². The van der Waals surface area contributed by atoms with E-state index in [1.54, 1.807) is 12.1 Å². The average Bonchev–Trinajstić information content (AvgIpc) is 3.32. The lowest BCUT2D eigenvalue weighted by atomic mass is 10.1. The number of rotatable bonds is 8. The van der Waals surface area contributed by atoms with Crippen molar-refractivity contribution in [1.82, 2.24) is 9.80 Å². The average molecular weight is 547 g/mol. The Kier molecular flexibility index (Phi) is 8.31. The second kappa shape index (κ2) is 12.0. The van der Waals surface area contributed by atoms with Gasteiger partial charge in [-0.05, 0) is 48.4 Å². The van der Waals surface area contributed by atoms with Crippen LogP contribution in [0.3, 0.4) is 0 Å². The minimum Gasteiger partial charge on any atom is -0.465 e. The highest BCUT2D eigenvalue weighted by Crippen LogP contribution is 2.27. The zero-order valence-corrected chi connectivity index (χ0v) is 22.8. The van der Waals surface area contributed by atoms with Crippen molar-refractivity contribution in [3.8, 4) is 0 Å². The molecule has 0 unspecified atom stereocenters. The van der Waals surface area contributed by atoms with Crippen molar-refractivity contribution in [3.63, 3.8) is 0 Å². The number of aryl methyl sites for hydroxylation is 1. The number of nitrogens with zero attached hydrogens (tertiary/aromatic N) is 2. The maximum atomic E-state index is 13.3. The number of hydrogen-bond acceptors (Lipinski definition) is 6. The highest BCUT2D eigenvalue weighted by molar-refractivity contribution is 6.30. The fourth-order valence-corrected chi connectivity index (χ4v) is 5.00. The lowest BCUT2D eigenvalue weighted by Crippen LogP contribution is -2.49. The Morgan fingerprint density at radius 2 is 1.64 bits per heavy atom. The number of benzene rings is 3. The molecule has 0 bridgehead atoms. The minimum absolute atomic E-state index is 0.0655. The number of fused-ring (bicyclic) bond motifs is 1. The predicted molar refractivity (Wildman–Crippen MR) is 150 cm³/mol. The zero-order chi connectivity index (χ0) is 27.4. The van der Waals surface area contributed by atoms with E-state index in [0.29, 0.717) is 42.6 Å². The number of halogens is 1. The molecule has 0 aliphatic carbocycles. The van der Waals surface area contributed by atoms with Crippen LogP contribution < -0.4 is 0 Å². The van der Waals surface area contributed by atoms with Crippen LogP contribution in [-0.2, 0) is 16.1 Å². The quantitative estimate of drug-likeness (QED) is 0.256. The molecule has 1 aromatic heterocycles. The van der Waals surface area contributed by atoms with Crippen LogP contribution in [0, 0.1) is 6.92 Å². The molecule has 1 amide bonds. The first kappa shape index (κ1) is 26.9. The molecule has 39 heavy (non-hydrogen) atoms. The largest absolute Gasteiger partial charge is 0.465 e. The Morgan fingerprint density at radius 3 is 2.31 bits per heavy atom. The molecule has 1 aliphatic rings. The third-order valence-corrected chi connectivity index (χ3v) is 7.44. The topological polar surface area (TPSA) is 72.2 Å². The number of esters is 1. The van der Waals surface area contributed by atoms with Gasteiger partial charge in [-0.3, -0.25) is 9.69 Å². The molecule has 1 atom stereocenters. The summed E-state index contributed by atoms with van der Waals surface area (Å²) in [6, 6.07) is 22.6. The third-order valence-electron chi connectivity index (χ3n) is 7.19. The van der Waals surface area contributed by atoms with Crippen LogP contribution in [0.15, 0.2) is 77.2 Å². The number of carbonyl (C=O) groups excluding carboxylic acids is 2. The first-order valence-corrected chi connectivity index (χ1v) is 13.3. The third kappa shape index (κ3) is 6.17. The first-order valence-electron chi connectivity index (χ1n) is 13.0. The number of amides is 1. The van der Waals surface area contributed by atoms with E-state index in [1.165, 1.54) is 7.11 Å². The van der Waals surface area contributed by atoms with E-state index in [2.05, 4.69) is 4.90 Å². The zero-order valence-electron chi connectivity index (χ0n) is 22.1. The van der Waals surface area contributed by atoms with Crippen molar-refractivity contribution in [2.24, 2.45) is 0 Å². The van der Waals surface area contributed by atoms with E-state index in [4.69, 9.17) is 25.5 Å². The SMILES string of the molecule is COC(=O)c1ccc(CO[C@H](CN2CCN(C(=O)c3oc4ccccc4c3C)CC2)c2ccc(Cl)cc2)cc1. The Balaban J connectivity index is 1.22. The number of para-hydroxylation sites is 1. The summed E-state index contributed by atoms with van der Waals surface area (Å²) in [4.78, 5) is 29.2. The Labute approximate surface area is 232 Å². The van der Waals surface area contributed by atoms with Gasteiger partial charge in [0.25, 0.3) is 5.91 Å². The van der Waals surface area contributed by atoms with Gasteiger partial charge < -0.3 is 18.8 Å². The normalized spacial score (nSPS) is 14.9. The summed E-state index contributed by atoms with van der Waals surface area (Å²) in [6.07, 6.45) is -0.192. The van der Waals surface area contributed by atoms with Crippen LogP contribution in [0.1, 0.15) is 43.7 Å². The second-order valence-corrected chi connectivity index (χ2v) is 10.1. The van der Waals surface area contributed by atoms with E-state index in [1.807, 2.05) is 72.5 Å². The standard InChI is InChI=1S/C31H31ClN2O5/c1-21-26-5-3-4-6-27(26)39-29(21)30(35)34-17-15-33(16-18-34)19-28(23-11-13-25(32)14-12-23)38-20-22-7-9-24(10-8-22)31(36)37-2/h3-14,28H,15-20H2,1-2H3/t28-/m1/s1. The predicted octanol–water partition coefficient (Wildman–Crippen LogP) is 5.90. The van der Waals surface area contributed by atoms with E-state index in [-0.39, 0.29) is 18.0 Å². The first-order chi connectivity index (χ1) is 18.9. The lowest BCUT2D eigenvalue weighted by molar-refractivity contribution is 0.00310. The number of piperazine rings is 1. The van der Waals surface area contributed by atoms with Crippen molar-refractivity contribution >= 4 is 34.4 Å². The molecule has 1 aliphatic heterocycles. The van der Waals surface area contributed by atoms with Gasteiger partial charge in [0.15, 0.2) is 5.76 Å². The summed E-state index contributed by atoms with van der Waals surface area (Å²) in [5.74, 6) is -0.0101. The minimum atomic E-state index is -0.366. The molecule has 0 spiro atoms. The molecule has 0 radical (unpaired) electrons. The lowest BCUT2D eigenvalue weighted by Gasteiger charge is -2.36. The van der Waals surface area contributed by atoms with Crippen molar-refractivity contribution in [2.45, 2.75) is 19.6 Å². The van der Waals surface area contributed by atoms with E-state index < -0.39 is 0 Å². The molecule has 5 rings (SSSR count). The number of carbonyl (C=O) groups is 2. The molecular weight excluding hydrogens is 516 g/mol. The van der Waals surface area contributed by atoms with Crippen LogP contribution in [0.2, 0.25) is 5.02 Å². The maximum absolute atomic E-state index is 13.3. The molecule has 0 saturated carbocycles. The van der Waals surface area contributed by atoms with Crippen molar-refractivity contribution in [3.05, 3.63) is 106 Å². The van der Waals surface area contributed by atoms with Gasteiger partial charge in [0.1, 0.15) is 5.58 Å². The Bertz CT molecular complexity index is 1440. The van der Waals surface area contributed by atoms with Crippen LogP contribution >= 0.6 is 11.6 Å². The Morgan fingerprint density at radius 1 is 0.949 bits per heavy atom. The smallest absolute Gasteiger partial charge is 0.337 e. The van der Waals surface area contributed by atoms with Crippen LogP contribution in [0.5, 0.6) is 0 Å². The molecule has 7 nitrogen and oxygen atoms in total. The number of furan rings is 1. The van der Waals surface area contributed by atoms with Gasteiger partial charge in [-0.2, -0.15) is 0 Å². The van der Waals surface area contributed by atoms with Gasteiger partial charge in [-0.15, -0.1) is 0 Å². The molecular formula is C31H31ClN2O5. The van der Waals surface area contributed by atoms with Gasteiger partial charge in [-0.1, -0.05) is 54.1 Å². The molecule has 2 heterocycles. The number of methoxy groups -OCH3 is 1. The van der Waals surface area contributed by atoms with Gasteiger partial charge in [-0.25, -0.2) is 4.79 Å². The summed E-state index contributed by atoms with van der Waals surface area (Å²) in [5, 5.41) is 1.64. The van der Waals surface area contributed by atoms with E-state index in [0.717, 1.165) is 40.7 Å². The van der Waals surface area contributed by atoms with Gasteiger partial charge >= 0.3 is 5.97 Å². The van der Waals surface area contributed by atoms with Gasteiger partial charge in [0.2, 0.25) is 0 Å². The summed E-state index contributed by atoms with van der Waals surface area (Å²) in [7, 11) is 1.37. The highest BCUT2D eigenvalue weighted by atomic mass is 35.5. The fraction of sp³-hybridized carbons (Fsp3) is 0.290. The van der Waals surface area contributed by atoms with Gasteiger partial charge in [0.05, 0.1) is 25.4 Å². The fourth-order valence-electron chi connectivity index (χ4n) is 4.87. The molecule has 1 fully saturated rings. The van der Waals surface area contributed by atoms with Crippen molar-refractivity contribution in [2.75, 3.05) is 39.8 Å². The van der Waals surface area contributed by atoms with E-state index in [9.17, 15) is 9.59 Å². The van der Waals surface area contributed by atoms with Crippen LogP contribution in [0.4, 0.5) is 0 Å². The molecule has 0 N–H and O–H groups in total. The van der Waals surface area contributed by atoms with Gasteiger partial charge in [0, 0.05) is 48.7 Å². The van der Waals surface area contributed by atoms with Crippen LogP contribution in [-0.4, -0.2) is 61.5 Å². The molecule has 8 heteroatoms. The van der Waals surface area contributed by atoms with Crippen molar-refractivity contribution < 1.29 is 23.5 Å². The van der Waals surface area contributed by atoms with E-state index >= 15 is 0 Å². The monoisotopic (exact) mass is 546 g/mol. The Hall–Kier alpha value is -3.65. The molecule has 3 aromatic carbocycles. The summed E-state index contributed by atoms with van der Waals surface area (Å²) >= 11 is 6.13. The summed E-state index contributed by atoms with van der Waals surface area (Å²) in [6.45, 7) is 5.67. The molecule has 202 valence electrons. The molecule has 1 saturated heterocycles. The second-order valence-electron chi connectivity index (χ2n) is 9.68. The maximum Gasteiger partial charge on any atom is 0.337 e. The summed E-state index contributed by atoms with van der Waals surface area (Å²) < 4.78 is 17.1. The number of ether oxygens (including phenoxy) is 2. The summed E-state index contributed by atoms with van der Waals surface area (Å²) in [5.41, 5.74) is 4.11. The number of hydrogen-bond donors (Lipinski definition) is 0. The molecule has 4 aromatic rings. The highest BCUT2D eigenvalue weighted by Gasteiger charge is 2.28.